The van der Waals surface area contributed by atoms with Gasteiger partial charge in [-0.25, -0.2) is 9.78 Å². The maximum atomic E-state index is 11.4. The Kier molecular flexibility index (Phi) is 5.21. The van der Waals surface area contributed by atoms with Gasteiger partial charge in [0.15, 0.2) is 0 Å². The Labute approximate surface area is 98.9 Å². The molecule has 0 aromatic carbocycles. The molecule has 0 radical (unpaired) electrons. The number of aromatic nitrogens is 1. The highest BCUT2D eigenvalue weighted by Crippen LogP contribution is 2.16. The van der Waals surface area contributed by atoms with Crippen LogP contribution in [0.3, 0.4) is 0 Å². The molecule has 0 saturated heterocycles. The lowest BCUT2D eigenvalue weighted by Crippen LogP contribution is -2.37. The van der Waals surface area contributed by atoms with E-state index in [-0.39, 0.29) is 18.7 Å². The Morgan fingerprint density at radius 2 is 2.44 bits per heavy atom. The molecule has 1 atom stereocenters. The lowest BCUT2D eigenvalue weighted by molar-refractivity contribution is 0.235. The van der Waals surface area contributed by atoms with E-state index in [1.54, 1.807) is 0 Å². The Bertz CT molecular complexity index is 341. The highest BCUT2D eigenvalue weighted by atomic mass is 32.1. The summed E-state index contributed by atoms with van der Waals surface area (Å²) >= 11 is 1.53. The van der Waals surface area contributed by atoms with Crippen molar-refractivity contribution in [3.63, 3.8) is 0 Å². The van der Waals surface area contributed by atoms with E-state index in [0.717, 1.165) is 10.7 Å². The number of aliphatic hydroxyl groups is 1. The van der Waals surface area contributed by atoms with Gasteiger partial charge in [-0.2, -0.15) is 0 Å². The van der Waals surface area contributed by atoms with E-state index in [4.69, 9.17) is 5.11 Å². The van der Waals surface area contributed by atoms with Crippen molar-refractivity contribution in [2.45, 2.75) is 26.3 Å². The predicted octanol–water partition coefficient (Wildman–Crippen LogP) is 1.19. The minimum atomic E-state index is -0.228. The fraction of sp³-hybridized carbons (Fsp3) is 0.600. The van der Waals surface area contributed by atoms with E-state index in [1.165, 1.54) is 11.3 Å². The number of carbonyl (C=O) groups is 1. The molecule has 0 aliphatic carbocycles. The number of nitrogens with zero attached hydrogens (tertiary/aromatic N) is 1. The summed E-state index contributed by atoms with van der Waals surface area (Å²) in [6.07, 6.45) is 0.568. The van der Waals surface area contributed by atoms with Crippen LogP contribution in [0.1, 0.15) is 30.1 Å². The molecular formula is C10H17N3O2S. The number of aliphatic hydroxyl groups excluding tert-OH is 1. The van der Waals surface area contributed by atoms with Crippen LogP contribution < -0.4 is 10.6 Å². The molecule has 3 N–H and O–H groups in total. The number of carbonyl (C=O) groups excluding carboxylic acids is 1. The van der Waals surface area contributed by atoms with Gasteiger partial charge in [-0.15, -0.1) is 11.3 Å². The van der Waals surface area contributed by atoms with E-state index in [0.29, 0.717) is 13.0 Å². The Hall–Kier alpha value is -1.14. The molecule has 0 bridgehead atoms. The van der Waals surface area contributed by atoms with E-state index < -0.39 is 0 Å². The van der Waals surface area contributed by atoms with Gasteiger partial charge in [-0.3, -0.25) is 0 Å². The van der Waals surface area contributed by atoms with Crippen LogP contribution in [0.5, 0.6) is 0 Å². The van der Waals surface area contributed by atoms with Crippen LogP contribution in [0.15, 0.2) is 5.38 Å². The third kappa shape index (κ3) is 4.16. The van der Waals surface area contributed by atoms with Crippen molar-refractivity contribution in [3.05, 3.63) is 16.1 Å². The van der Waals surface area contributed by atoms with Crippen LogP contribution >= 0.6 is 11.3 Å². The number of aryl methyl sites for hydroxylation is 1. The zero-order valence-electron chi connectivity index (χ0n) is 9.49. The quantitative estimate of drug-likeness (QED) is 0.680. The van der Waals surface area contributed by atoms with Crippen molar-refractivity contribution >= 4 is 17.4 Å². The normalized spacial score (nSPS) is 12.2. The molecular weight excluding hydrogens is 226 g/mol. The lowest BCUT2D eigenvalue weighted by Gasteiger charge is -2.11. The summed E-state index contributed by atoms with van der Waals surface area (Å²) < 4.78 is 0. The first-order valence-corrected chi connectivity index (χ1v) is 6.08. The second-order valence-corrected chi connectivity index (χ2v) is 4.42. The Morgan fingerprint density at radius 1 is 1.69 bits per heavy atom. The molecule has 0 aliphatic heterocycles. The van der Waals surface area contributed by atoms with Crippen LogP contribution in [-0.2, 0) is 0 Å². The summed E-state index contributed by atoms with van der Waals surface area (Å²) in [5.74, 6) is 0. The van der Waals surface area contributed by atoms with Crippen molar-refractivity contribution in [2.24, 2.45) is 0 Å². The van der Waals surface area contributed by atoms with Crippen LogP contribution in [0.4, 0.5) is 4.79 Å². The fourth-order valence-corrected chi connectivity index (χ4v) is 1.97. The maximum absolute atomic E-state index is 11.4. The Balaban J connectivity index is 2.33. The van der Waals surface area contributed by atoms with Gasteiger partial charge in [-0.05, 0) is 20.3 Å². The first-order valence-electron chi connectivity index (χ1n) is 5.20. The zero-order chi connectivity index (χ0) is 12.0. The van der Waals surface area contributed by atoms with E-state index in [2.05, 4.69) is 15.6 Å². The first kappa shape index (κ1) is 12.9. The third-order valence-electron chi connectivity index (χ3n) is 1.98. The van der Waals surface area contributed by atoms with Crippen LogP contribution in [0, 0.1) is 6.92 Å². The van der Waals surface area contributed by atoms with Gasteiger partial charge >= 0.3 is 6.03 Å². The molecule has 1 heterocycles. The summed E-state index contributed by atoms with van der Waals surface area (Å²) in [5.41, 5.74) is 0.967. The minimum absolute atomic E-state index is 0.0848. The summed E-state index contributed by atoms with van der Waals surface area (Å²) in [5, 5.41) is 16.9. The van der Waals surface area contributed by atoms with E-state index in [9.17, 15) is 4.79 Å². The van der Waals surface area contributed by atoms with E-state index >= 15 is 0 Å². The van der Waals surface area contributed by atoms with Crippen molar-refractivity contribution in [3.8, 4) is 0 Å². The average Bonchev–Trinajstić information content (AvgIpc) is 2.65. The molecule has 0 unspecified atom stereocenters. The highest BCUT2D eigenvalue weighted by molar-refractivity contribution is 7.09. The molecule has 1 aromatic rings. The maximum Gasteiger partial charge on any atom is 0.315 e. The lowest BCUT2D eigenvalue weighted by atomic mass is 10.3. The molecule has 0 fully saturated rings. The zero-order valence-corrected chi connectivity index (χ0v) is 10.3. The SMILES string of the molecule is Cc1csc([C@H](C)NC(=O)NCCCO)n1. The average molecular weight is 243 g/mol. The van der Waals surface area contributed by atoms with Gasteiger partial charge in [0.05, 0.1) is 6.04 Å². The van der Waals surface area contributed by atoms with E-state index in [1.807, 2.05) is 19.2 Å². The number of hydrogen-bond acceptors (Lipinski definition) is 4. The minimum Gasteiger partial charge on any atom is -0.396 e. The molecule has 90 valence electrons. The molecule has 2 amide bonds. The largest absolute Gasteiger partial charge is 0.396 e. The van der Waals surface area contributed by atoms with Crippen molar-refractivity contribution in [2.75, 3.05) is 13.2 Å². The molecule has 6 heteroatoms. The van der Waals surface area contributed by atoms with Crippen molar-refractivity contribution < 1.29 is 9.90 Å². The number of nitrogens with one attached hydrogen (secondary N) is 2. The second kappa shape index (κ2) is 6.44. The predicted molar refractivity (Wildman–Crippen MR) is 63.5 cm³/mol. The molecule has 16 heavy (non-hydrogen) atoms. The van der Waals surface area contributed by atoms with Gasteiger partial charge in [0.2, 0.25) is 0 Å². The second-order valence-electron chi connectivity index (χ2n) is 3.53. The molecule has 5 nitrogen and oxygen atoms in total. The highest BCUT2D eigenvalue weighted by Gasteiger charge is 2.11. The molecule has 0 spiro atoms. The van der Waals surface area contributed by atoms with Crippen LogP contribution in [0.25, 0.3) is 0 Å². The summed E-state index contributed by atoms with van der Waals surface area (Å²) in [6, 6.07) is -0.318. The summed E-state index contributed by atoms with van der Waals surface area (Å²) in [6.45, 7) is 4.38. The van der Waals surface area contributed by atoms with Crippen LogP contribution in [-0.4, -0.2) is 29.3 Å². The third-order valence-corrected chi connectivity index (χ3v) is 3.12. The van der Waals surface area contributed by atoms with Crippen molar-refractivity contribution in [1.29, 1.82) is 0 Å². The van der Waals surface area contributed by atoms with Gasteiger partial charge in [0.25, 0.3) is 0 Å². The molecule has 0 saturated carbocycles. The summed E-state index contributed by atoms with van der Waals surface area (Å²) in [4.78, 5) is 15.7. The van der Waals surface area contributed by atoms with Gasteiger partial charge in [-0.1, -0.05) is 0 Å². The van der Waals surface area contributed by atoms with Gasteiger partial charge in [0.1, 0.15) is 5.01 Å². The fourth-order valence-electron chi connectivity index (χ4n) is 1.16. The smallest absolute Gasteiger partial charge is 0.315 e. The van der Waals surface area contributed by atoms with Crippen LogP contribution in [0.2, 0.25) is 0 Å². The summed E-state index contributed by atoms with van der Waals surface area (Å²) in [7, 11) is 0. The Morgan fingerprint density at radius 3 is 3.00 bits per heavy atom. The molecule has 0 aliphatic rings. The molecule has 1 aromatic heterocycles. The van der Waals surface area contributed by atoms with Gasteiger partial charge < -0.3 is 15.7 Å². The number of rotatable bonds is 5. The van der Waals surface area contributed by atoms with Gasteiger partial charge in [0, 0.05) is 24.2 Å². The van der Waals surface area contributed by atoms with Crippen molar-refractivity contribution in [1.82, 2.24) is 15.6 Å². The number of urea groups is 1. The monoisotopic (exact) mass is 243 g/mol. The number of hydrogen-bond donors (Lipinski definition) is 3. The number of amides is 2. The molecule has 1 rings (SSSR count). The standard InChI is InChI=1S/C10H17N3O2S/c1-7-6-16-9(12-7)8(2)13-10(15)11-4-3-5-14/h6,8,14H,3-5H2,1-2H3,(H2,11,13,15)/t8-/m0/s1. The first-order chi connectivity index (χ1) is 7.63. The number of thiazole rings is 1. The topological polar surface area (TPSA) is 74.2 Å².